The van der Waals surface area contributed by atoms with Crippen LogP contribution in [0.5, 0.6) is 0 Å². The minimum Gasteiger partial charge on any atom is -0.311 e. The van der Waals surface area contributed by atoms with Crippen LogP contribution >= 0.6 is 11.3 Å². The number of allylic oxidation sites excluding steroid dienone is 2. The van der Waals surface area contributed by atoms with Gasteiger partial charge in [0, 0.05) is 5.70 Å². The molecule has 0 radical (unpaired) electrons. The van der Waals surface area contributed by atoms with Crippen molar-refractivity contribution in [1.82, 2.24) is 10.3 Å². The molecular formula is C20H20F3N3OS. The number of hydrogen-bond donors (Lipinski definition) is 2. The van der Waals surface area contributed by atoms with E-state index in [1.54, 1.807) is 0 Å². The van der Waals surface area contributed by atoms with Gasteiger partial charge >= 0.3 is 12.2 Å². The lowest BCUT2D eigenvalue weighted by molar-refractivity contribution is -0.137. The van der Waals surface area contributed by atoms with E-state index in [0.717, 1.165) is 53.8 Å². The predicted octanol–water partition coefficient (Wildman–Crippen LogP) is 5.78. The van der Waals surface area contributed by atoms with Crippen LogP contribution in [0.1, 0.15) is 38.2 Å². The molecule has 2 aromatic rings. The van der Waals surface area contributed by atoms with Crippen molar-refractivity contribution in [1.29, 1.82) is 0 Å². The van der Waals surface area contributed by atoms with Gasteiger partial charge in [-0.1, -0.05) is 18.3 Å². The second-order valence-corrected chi connectivity index (χ2v) is 9.29. The molecule has 4 nitrogen and oxygen atoms in total. The van der Waals surface area contributed by atoms with Crippen molar-refractivity contribution >= 4 is 32.7 Å². The SMILES string of the molecule is CC1CC2CC3CC(=C1NC(=O)Nc1nc4ccc(C(F)(F)F)cc4s1)C3C2. The monoisotopic (exact) mass is 407 g/mol. The zero-order chi connectivity index (χ0) is 19.6. The highest BCUT2D eigenvalue weighted by Gasteiger charge is 2.48. The first kappa shape index (κ1) is 18.0. The number of anilines is 1. The second-order valence-electron chi connectivity index (χ2n) is 8.26. The number of carbonyl (C=O) groups excluding carboxylic acids is 1. The summed E-state index contributed by atoms with van der Waals surface area (Å²) in [5.41, 5.74) is 2.17. The summed E-state index contributed by atoms with van der Waals surface area (Å²) in [6.07, 6.45) is 0.364. The number of amides is 2. The number of urea groups is 1. The quantitative estimate of drug-likeness (QED) is 0.663. The first-order chi connectivity index (χ1) is 13.3. The number of carbonyl (C=O) groups is 1. The Morgan fingerprint density at radius 3 is 2.82 bits per heavy atom. The topological polar surface area (TPSA) is 54.0 Å². The maximum absolute atomic E-state index is 12.9. The summed E-state index contributed by atoms with van der Waals surface area (Å²) in [7, 11) is 0. The number of thiazole rings is 1. The standard InChI is InChI=1S/C20H20F3N3OS/c1-9-4-10-5-11-7-14(13(11)6-10)17(9)25-18(27)26-19-24-15-3-2-12(20(21,22)23)8-16(15)28-19/h2-3,8-11,13H,4-7H2,1H3,(H2,24,25,26,27). The maximum atomic E-state index is 12.9. The van der Waals surface area contributed by atoms with Gasteiger partial charge in [-0.05, 0) is 73.1 Å². The zero-order valence-corrected chi connectivity index (χ0v) is 16.1. The Kier molecular flexibility index (Phi) is 3.98. The van der Waals surface area contributed by atoms with Crippen molar-refractivity contribution < 1.29 is 18.0 Å². The van der Waals surface area contributed by atoms with Crippen LogP contribution in [0.3, 0.4) is 0 Å². The first-order valence-corrected chi connectivity index (χ1v) is 10.4. The molecule has 1 heterocycles. The average Bonchev–Trinajstić information content (AvgIpc) is 3.10. The van der Waals surface area contributed by atoms with Crippen LogP contribution in [0.4, 0.5) is 23.1 Å². The van der Waals surface area contributed by atoms with Crippen LogP contribution in [0.2, 0.25) is 0 Å². The molecule has 5 rings (SSSR count). The van der Waals surface area contributed by atoms with Crippen molar-refractivity contribution in [2.75, 3.05) is 5.32 Å². The molecule has 0 aliphatic heterocycles. The summed E-state index contributed by atoms with van der Waals surface area (Å²) >= 11 is 1.05. The fourth-order valence-electron chi connectivity index (χ4n) is 5.21. The summed E-state index contributed by atoms with van der Waals surface area (Å²) < 4.78 is 39.0. The molecule has 2 N–H and O–H groups in total. The summed E-state index contributed by atoms with van der Waals surface area (Å²) in [4.78, 5) is 16.8. The molecule has 3 aliphatic carbocycles. The molecule has 0 saturated heterocycles. The third kappa shape index (κ3) is 2.98. The fraction of sp³-hybridized carbons (Fsp3) is 0.500. The Morgan fingerprint density at radius 1 is 1.21 bits per heavy atom. The van der Waals surface area contributed by atoms with Gasteiger partial charge in [0.1, 0.15) is 0 Å². The molecule has 4 unspecified atom stereocenters. The van der Waals surface area contributed by atoms with Crippen LogP contribution in [0, 0.1) is 23.7 Å². The lowest BCUT2D eigenvalue weighted by atomic mass is 9.69. The van der Waals surface area contributed by atoms with E-state index in [1.807, 2.05) is 0 Å². The van der Waals surface area contributed by atoms with Gasteiger partial charge in [0.05, 0.1) is 15.8 Å². The molecule has 2 saturated carbocycles. The van der Waals surface area contributed by atoms with Gasteiger partial charge in [-0.2, -0.15) is 13.2 Å². The number of alkyl halides is 3. The number of fused-ring (bicyclic) bond motifs is 2. The van der Waals surface area contributed by atoms with E-state index >= 15 is 0 Å². The Bertz CT molecular complexity index is 996. The first-order valence-electron chi connectivity index (χ1n) is 9.56. The Morgan fingerprint density at radius 2 is 2.04 bits per heavy atom. The molecular weight excluding hydrogens is 387 g/mol. The van der Waals surface area contributed by atoms with Crippen molar-refractivity contribution in [3.63, 3.8) is 0 Å². The van der Waals surface area contributed by atoms with Gasteiger partial charge < -0.3 is 5.32 Å². The summed E-state index contributed by atoms with van der Waals surface area (Å²) in [5, 5.41) is 6.03. The molecule has 2 bridgehead atoms. The van der Waals surface area contributed by atoms with Crippen molar-refractivity contribution in [3.8, 4) is 0 Å². The van der Waals surface area contributed by atoms with E-state index in [1.165, 1.54) is 24.5 Å². The van der Waals surface area contributed by atoms with Crippen LogP contribution < -0.4 is 10.6 Å². The van der Waals surface area contributed by atoms with E-state index < -0.39 is 11.7 Å². The lowest BCUT2D eigenvalue weighted by Gasteiger charge is -2.38. The summed E-state index contributed by atoms with van der Waals surface area (Å²) in [6.45, 7) is 2.16. The van der Waals surface area contributed by atoms with Crippen LogP contribution in [-0.4, -0.2) is 11.0 Å². The van der Waals surface area contributed by atoms with E-state index in [4.69, 9.17) is 0 Å². The van der Waals surface area contributed by atoms with Crippen molar-refractivity contribution in [2.24, 2.45) is 23.7 Å². The molecule has 2 amide bonds. The number of aromatic nitrogens is 1. The largest absolute Gasteiger partial charge is 0.416 e. The van der Waals surface area contributed by atoms with Gasteiger partial charge in [-0.3, -0.25) is 5.32 Å². The molecule has 4 atom stereocenters. The van der Waals surface area contributed by atoms with Crippen molar-refractivity contribution in [3.05, 3.63) is 35.0 Å². The number of hydrogen-bond acceptors (Lipinski definition) is 3. The lowest BCUT2D eigenvalue weighted by Crippen LogP contribution is -2.36. The number of nitrogens with one attached hydrogen (secondary N) is 2. The molecule has 8 heteroatoms. The smallest absolute Gasteiger partial charge is 0.311 e. The molecule has 148 valence electrons. The number of rotatable bonds is 2. The second kappa shape index (κ2) is 6.20. The molecule has 3 aliphatic rings. The van der Waals surface area contributed by atoms with Gasteiger partial charge in [-0.15, -0.1) is 0 Å². The van der Waals surface area contributed by atoms with E-state index in [2.05, 4.69) is 22.5 Å². The minimum absolute atomic E-state index is 0.298. The molecule has 2 fully saturated rings. The number of benzene rings is 1. The molecule has 28 heavy (non-hydrogen) atoms. The van der Waals surface area contributed by atoms with E-state index in [9.17, 15) is 18.0 Å². The van der Waals surface area contributed by atoms with E-state index in [0.29, 0.717) is 27.2 Å². The maximum Gasteiger partial charge on any atom is 0.416 e. The summed E-state index contributed by atoms with van der Waals surface area (Å²) in [6, 6.07) is 3.04. The normalized spacial score (nSPS) is 28.9. The molecule has 0 spiro atoms. The Balaban J connectivity index is 1.33. The van der Waals surface area contributed by atoms with Gasteiger partial charge in [0.2, 0.25) is 0 Å². The van der Waals surface area contributed by atoms with Gasteiger partial charge in [-0.25, -0.2) is 9.78 Å². The zero-order valence-electron chi connectivity index (χ0n) is 15.3. The van der Waals surface area contributed by atoms with E-state index in [-0.39, 0.29) is 6.03 Å². The molecule has 1 aromatic carbocycles. The Hall–Kier alpha value is -2.09. The Labute approximate surface area is 164 Å². The van der Waals surface area contributed by atoms with Crippen molar-refractivity contribution in [2.45, 2.75) is 38.8 Å². The predicted molar refractivity (Wildman–Crippen MR) is 102 cm³/mol. The highest BCUT2D eigenvalue weighted by Crippen LogP contribution is 2.58. The highest BCUT2D eigenvalue weighted by atomic mass is 32.1. The summed E-state index contributed by atoms with van der Waals surface area (Å²) in [5.74, 6) is 2.51. The number of nitrogens with zero attached hydrogens (tertiary/aromatic N) is 1. The van der Waals surface area contributed by atoms with Gasteiger partial charge in [0.15, 0.2) is 5.13 Å². The minimum atomic E-state index is -4.40. The third-order valence-corrected chi connectivity index (χ3v) is 7.37. The van der Waals surface area contributed by atoms with Crippen LogP contribution in [-0.2, 0) is 6.18 Å². The highest BCUT2D eigenvalue weighted by molar-refractivity contribution is 7.22. The van der Waals surface area contributed by atoms with Crippen LogP contribution in [0.25, 0.3) is 10.2 Å². The number of halogens is 3. The third-order valence-electron chi connectivity index (χ3n) is 6.43. The molecule has 1 aromatic heterocycles. The fourth-order valence-corrected chi connectivity index (χ4v) is 6.11. The van der Waals surface area contributed by atoms with Crippen LogP contribution in [0.15, 0.2) is 29.5 Å². The van der Waals surface area contributed by atoms with Gasteiger partial charge in [0.25, 0.3) is 0 Å². The average molecular weight is 407 g/mol.